The molecule has 0 spiro atoms. The van der Waals surface area contributed by atoms with Crippen LogP contribution in [-0.2, 0) is 0 Å². The van der Waals surface area contributed by atoms with E-state index in [1.165, 1.54) is 0 Å². The Balaban J connectivity index is 0.00000256. The molecule has 0 aliphatic carbocycles. The van der Waals surface area contributed by atoms with Crippen molar-refractivity contribution in [1.29, 1.82) is 0 Å². The molecule has 17 heavy (non-hydrogen) atoms. The molecule has 0 heterocycles. The topological polar surface area (TPSA) is 40.5 Å². The summed E-state index contributed by atoms with van der Waals surface area (Å²) in [4.78, 5) is 13.9. The molecular weight excluding hydrogens is 245 g/mol. The summed E-state index contributed by atoms with van der Waals surface area (Å²) in [7, 11) is 4.12. The van der Waals surface area contributed by atoms with Crippen LogP contribution < -0.4 is 0 Å². The number of hydrogen-bond donors (Lipinski definition) is 1. The molecule has 5 heteroatoms. The van der Waals surface area contributed by atoms with E-state index in [1.54, 1.807) is 23.9 Å². The average molecular weight is 263 g/mol. The molecule has 0 unspecified atom stereocenters. The van der Waals surface area contributed by atoms with Gasteiger partial charge in [0.1, 0.15) is 0 Å². The van der Waals surface area contributed by atoms with Gasteiger partial charge in [0.05, 0.1) is 5.56 Å². The van der Waals surface area contributed by atoms with Crippen molar-refractivity contribution in [1.82, 2.24) is 4.90 Å². The van der Waals surface area contributed by atoms with Crippen LogP contribution in [0.3, 0.4) is 0 Å². The van der Waals surface area contributed by atoms with E-state index in [9.17, 15) is 4.79 Å². The normalized spacial score (nSPS) is 10.1. The predicted octanol–water partition coefficient (Wildman–Crippen LogP) is 1.78. The third-order valence-electron chi connectivity index (χ3n) is 2.12. The van der Waals surface area contributed by atoms with Gasteiger partial charge in [-0.3, -0.25) is 0 Å². The zero-order valence-corrected chi connectivity index (χ0v) is 10.5. The summed E-state index contributed by atoms with van der Waals surface area (Å²) in [6.07, 6.45) is 1.14. The van der Waals surface area contributed by atoms with Gasteiger partial charge in [-0.1, -0.05) is 0 Å². The minimum absolute atomic E-state index is 0. The predicted molar refractivity (Wildman–Crippen MR) is 74.4 cm³/mol. The van der Waals surface area contributed by atoms with Crippen LogP contribution in [0.1, 0.15) is 16.8 Å². The van der Waals surface area contributed by atoms with Gasteiger partial charge in [0.2, 0.25) is 0 Å². The van der Waals surface area contributed by atoms with Crippen LogP contribution in [0.25, 0.3) is 0 Å². The molecular formula is C12H18NNaO2S. The van der Waals surface area contributed by atoms with E-state index in [0.29, 0.717) is 5.56 Å². The molecule has 0 fully saturated rings. The summed E-state index contributed by atoms with van der Waals surface area (Å²) in [5.74, 6) is 0.189. The quantitative estimate of drug-likeness (QED) is 0.482. The number of benzene rings is 1. The molecule has 1 N–H and O–H groups in total. The number of carboxylic acid groups (broad SMARTS) is 1. The van der Waals surface area contributed by atoms with Gasteiger partial charge in [-0.15, -0.1) is 11.8 Å². The van der Waals surface area contributed by atoms with E-state index < -0.39 is 5.97 Å². The van der Waals surface area contributed by atoms with E-state index in [4.69, 9.17) is 5.11 Å². The molecule has 3 nitrogen and oxygen atoms in total. The van der Waals surface area contributed by atoms with Crippen molar-refractivity contribution in [2.45, 2.75) is 11.3 Å². The Morgan fingerprint density at radius 3 is 2.35 bits per heavy atom. The Morgan fingerprint density at radius 1 is 1.29 bits per heavy atom. The first-order chi connectivity index (χ1) is 7.59. The first kappa shape index (κ1) is 17.0. The first-order valence-corrected chi connectivity index (χ1v) is 6.19. The van der Waals surface area contributed by atoms with Gasteiger partial charge in [0.15, 0.2) is 0 Å². The molecule has 0 radical (unpaired) electrons. The number of carbonyl (C=O) groups is 1. The van der Waals surface area contributed by atoms with Gasteiger partial charge >= 0.3 is 35.5 Å². The van der Waals surface area contributed by atoms with Gasteiger partial charge in [-0.2, -0.15) is 0 Å². The Labute approximate surface area is 129 Å². The van der Waals surface area contributed by atoms with Crippen molar-refractivity contribution < 1.29 is 9.90 Å². The molecule has 1 rings (SSSR count). The molecule has 0 aromatic heterocycles. The number of aromatic carboxylic acids is 1. The second-order valence-electron chi connectivity index (χ2n) is 3.83. The van der Waals surface area contributed by atoms with Gasteiger partial charge in [0.25, 0.3) is 0 Å². The van der Waals surface area contributed by atoms with Crippen LogP contribution in [0.2, 0.25) is 0 Å². The first-order valence-electron chi connectivity index (χ1n) is 5.20. The molecule has 0 aliphatic heterocycles. The number of nitrogens with zero attached hydrogens (tertiary/aromatic N) is 1. The fourth-order valence-electron chi connectivity index (χ4n) is 1.26. The molecule has 0 bridgehead atoms. The van der Waals surface area contributed by atoms with E-state index in [-0.39, 0.29) is 29.6 Å². The van der Waals surface area contributed by atoms with E-state index >= 15 is 0 Å². The number of hydrogen-bond acceptors (Lipinski definition) is 3. The van der Waals surface area contributed by atoms with Crippen molar-refractivity contribution in [3.05, 3.63) is 29.8 Å². The monoisotopic (exact) mass is 263 g/mol. The summed E-state index contributed by atoms with van der Waals surface area (Å²) >= 11 is 1.76. The van der Waals surface area contributed by atoms with Gasteiger partial charge in [0, 0.05) is 4.90 Å². The molecule has 90 valence electrons. The SMILES string of the molecule is CN(C)CCCSc1ccc(C(=O)O)cc1.[NaH]. The van der Waals surface area contributed by atoms with Crippen LogP contribution in [0.15, 0.2) is 29.2 Å². The molecule has 0 aliphatic rings. The molecule has 1 aromatic carbocycles. The van der Waals surface area contributed by atoms with Crippen molar-refractivity contribution >= 4 is 47.3 Å². The third kappa shape index (κ3) is 7.11. The Hall–Kier alpha value is 0. The molecule has 0 amide bonds. The van der Waals surface area contributed by atoms with Crippen molar-refractivity contribution in [3.8, 4) is 0 Å². The van der Waals surface area contributed by atoms with Crippen molar-refractivity contribution in [2.75, 3.05) is 26.4 Å². The molecule has 0 atom stereocenters. The summed E-state index contributed by atoms with van der Waals surface area (Å²) in [6.45, 7) is 1.08. The van der Waals surface area contributed by atoms with E-state index in [0.717, 1.165) is 23.6 Å². The maximum absolute atomic E-state index is 10.6. The number of rotatable bonds is 6. The second kappa shape index (κ2) is 9.00. The Bertz CT molecular complexity index is 341. The second-order valence-corrected chi connectivity index (χ2v) is 5.00. The van der Waals surface area contributed by atoms with Crippen molar-refractivity contribution in [2.24, 2.45) is 0 Å². The summed E-state index contributed by atoms with van der Waals surface area (Å²) < 4.78 is 0. The van der Waals surface area contributed by atoms with Crippen LogP contribution in [0.5, 0.6) is 0 Å². The van der Waals surface area contributed by atoms with Gasteiger partial charge in [-0.05, 0) is 57.1 Å². The summed E-state index contributed by atoms with van der Waals surface area (Å²) in [6, 6.07) is 7.03. The molecule has 0 saturated carbocycles. The summed E-state index contributed by atoms with van der Waals surface area (Å²) in [5.41, 5.74) is 0.345. The van der Waals surface area contributed by atoms with Crippen LogP contribution >= 0.6 is 11.8 Å². The van der Waals surface area contributed by atoms with Gasteiger partial charge < -0.3 is 10.0 Å². The zero-order valence-electron chi connectivity index (χ0n) is 9.64. The summed E-state index contributed by atoms with van der Waals surface area (Å²) in [5, 5.41) is 8.74. The fraction of sp³-hybridized carbons (Fsp3) is 0.417. The number of carboxylic acids is 1. The molecule has 1 aromatic rings. The number of thioether (sulfide) groups is 1. The van der Waals surface area contributed by atoms with Crippen molar-refractivity contribution in [3.63, 3.8) is 0 Å². The Morgan fingerprint density at radius 2 is 1.88 bits per heavy atom. The van der Waals surface area contributed by atoms with E-state index in [1.807, 2.05) is 12.1 Å². The van der Waals surface area contributed by atoms with Crippen LogP contribution in [0, 0.1) is 0 Å². The Kier molecular flexibility index (Phi) is 9.00. The zero-order chi connectivity index (χ0) is 12.0. The van der Waals surface area contributed by atoms with Crippen LogP contribution in [-0.4, -0.2) is 71.9 Å². The maximum atomic E-state index is 10.6. The molecule has 0 saturated heterocycles. The van der Waals surface area contributed by atoms with E-state index in [2.05, 4.69) is 19.0 Å². The average Bonchev–Trinajstić information content (AvgIpc) is 2.25. The van der Waals surface area contributed by atoms with Crippen LogP contribution in [0.4, 0.5) is 0 Å². The minimum atomic E-state index is -0.871. The van der Waals surface area contributed by atoms with Gasteiger partial charge in [-0.25, -0.2) is 4.79 Å². The third-order valence-corrected chi connectivity index (χ3v) is 3.22. The fourth-order valence-corrected chi connectivity index (χ4v) is 2.10. The standard InChI is InChI=1S/C12H17NO2S.Na.H/c1-13(2)8-3-9-16-11-6-4-10(5-7-11)12(14)15;;/h4-7H,3,8-9H2,1-2H3,(H,14,15);;.